The number of unbranched alkanes of at least 4 members (excludes halogenated alkanes) is 24. The van der Waals surface area contributed by atoms with Crippen molar-refractivity contribution in [1.82, 2.24) is 0 Å². The summed E-state index contributed by atoms with van der Waals surface area (Å²) in [4.78, 5) is 37.7. The van der Waals surface area contributed by atoms with Crippen LogP contribution in [0.2, 0.25) is 0 Å². The van der Waals surface area contributed by atoms with Gasteiger partial charge in [-0.2, -0.15) is 0 Å². The molecule has 2 atom stereocenters. The smallest absolute Gasteiger partial charge is 0.306 e. The molecule has 0 aliphatic rings. The molecule has 0 saturated heterocycles. The summed E-state index contributed by atoms with van der Waals surface area (Å²) < 4.78 is 16.7. The van der Waals surface area contributed by atoms with Crippen LogP contribution in [0.4, 0.5) is 0 Å². The van der Waals surface area contributed by atoms with E-state index in [-0.39, 0.29) is 31.1 Å². The molecule has 0 aromatic heterocycles. The van der Waals surface area contributed by atoms with Crippen LogP contribution in [0.5, 0.6) is 0 Å². The maximum absolute atomic E-state index is 12.7. The van der Waals surface area contributed by atoms with E-state index in [0.29, 0.717) is 19.3 Å². The molecule has 6 heteroatoms. The maximum Gasteiger partial charge on any atom is 0.306 e. The summed E-state index contributed by atoms with van der Waals surface area (Å²) in [5, 5.41) is 0. The van der Waals surface area contributed by atoms with Gasteiger partial charge in [0, 0.05) is 19.3 Å². The van der Waals surface area contributed by atoms with Crippen molar-refractivity contribution >= 4 is 17.9 Å². The number of hydrogen-bond donors (Lipinski definition) is 0. The third kappa shape index (κ3) is 38.1. The minimum atomic E-state index is -0.760. The fourth-order valence-corrected chi connectivity index (χ4v) is 6.72. The molecule has 6 nitrogen and oxygen atoms in total. The fourth-order valence-electron chi connectivity index (χ4n) is 6.72. The lowest BCUT2D eigenvalue weighted by Crippen LogP contribution is -2.30. The molecular formula is C46H88O6. The predicted molar refractivity (Wildman–Crippen MR) is 220 cm³/mol. The highest BCUT2D eigenvalue weighted by molar-refractivity contribution is 5.71. The molecule has 0 fully saturated rings. The highest BCUT2D eigenvalue weighted by atomic mass is 16.6. The Kier molecular flexibility index (Phi) is 37.9. The van der Waals surface area contributed by atoms with E-state index >= 15 is 0 Å². The zero-order valence-electron chi connectivity index (χ0n) is 35.4. The molecule has 0 aliphatic carbocycles. The van der Waals surface area contributed by atoms with Crippen molar-refractivity contribution in [2.24, 2.45) is 11.8 Å². The van der Waals surface area contributed by atoms with Crippen LogP contribution in [0.25, 0.3) is 0 Å². The average Bonchev–Trinajstić information content (AvgIpc) is 3.12. The summed E-state index contributed by atoms with van der Waals surface area (Å²) in [6, 6.07) is 0. The Labute approximate surface area is 323 Å². The van der Waals surface area contributed by atoms with Crippen molar-refractivity contribution in [2.45, 2.75) is 253 Å². The van der Waals surface area contributed by atoms with Crippen LogP contribution >= 0.6 is 0 Å². The first-order valence-corrected chi connectivity index (χ1v) is 22.8. The minimum absolute atomic E-state index is 0.0654. The van der Waals surface area contributed by atoms with Crippen LogP contribution in [0.15, 0.2) is 0 Å². The lowest BCUT2D eigenvalue weighted by molar-refractivity contribution is -0.167. The normalized spacial score (nSPS) is 12.6. The van der Waals surface area contributed by atoms with Gasteiger partial charge in [-0.3, -0.25) is 14.4 Å². The van der Waals surface area contributed by atoms with Crippen LogP contribution in [-0.4, -0.2) is 37.2 Å². The zero-order chi connectivity index (χ0) is 38.3. The standard InChI is InChI=1S/C46H88O6/c1-6-8-9-10-11-12-15-23-28-33-38-46(49)52-43(39-50-44(47)36-31-26-21-16-13-14-19-24-29-34-41(3)4)40-51-45(48)37-32-27-22-18-17-20-25-30-35-42(5)7-2/h41-43H,6-40H2,1-5H3/t42?,43-/m0/s1. The molecule has 0 aliphatic heterocycles. The average molecular weight is 737 g/mol. The molecule has 0 radical (unpaired) electrons. The highest BCUT2D eigenvalue weighted by Crippen LogP contribution is 2.17. The fraction of sp³-hybridized carbons (Fsp3) is 0.935. The largest absolute Gasteiger partial charge is 0.462 e. The van der Waals surface area contributed by atoms with Gasteiger partial charge in [-0.1, -0.05) is 208 Å². The summed E-state index contributed by atoms with van der Waals surface area (Å²) in [6.45, 7) is 11.3. The lowest BCUT2D eigenvalue weighted by Gasteiger charge is -2.18. The van der Waals surface area contributed by atoms with E-state index in [1.54, 1.807) is 0 Å². The van der Waals surface area contributed by atoms with Crippen molar-refractivity contribution < 1.29 is 28.6 Å². The van der Waals surface area contributed by atoms with Crippen LogP contribution in [-0.2, 0) is 28.6 Å². The Morgan fingerprint density at radius 3 is 1.10 bits per heavy atom. The number of ether oxygens (including phenoxy) is 3. The summed E-state index contributed by atoms with van der Waals surface area (Å²) >= 11 is 0. The Balaban J connectivity index is 4.34. The van der Waals surface area contributed by atoms with E-state index in [4.69, 9.17) is 14.2 Å². The van der Waals surface area contributed by atoms with E-state index in [2.05, 4.69) is 34.6 Å². The third-order valence-corrected chi connectivity index (χ3v) is 10.6. The molecular weight excluding hydrogens is 649 g/mol. The van der Waals surface area contributed by atoms with E-state index < -0.39 is 6.10 Å². The maximum atomic E-state index is 12.7. The molecule has 0 aromatic rings. The highest BCUT2D eigenvalue weighted by Gasteiger charge is 2.19. The Morgan fingerprint density at radius 1 is 0.404 bits per heavy atom. The quantitative estimate of drug-likeness (QED) is 0.0354. The van der Waals surface area contributed by atoms with Gasteiger partial charge < -0.3 is 14.2 Å². The third-order valence-electron chi connectivity index (χ3n) is 10.6. The summed E-state index contributed by atoms with van der Waals surface area (Å²) in [5.74, 6) is 0.796. The van der Waals surface area contributed by atoms with Gasteiger partial charge in [0.15, 0.2) is 6.10 Å². The second kappa shape index (κ2) is 39.1. The molecule has 0 N–H and O–H groups in total. The SMILES string of the molecule is CCCCCCCCCCCCC(=O)O[C@@H](COC(=O)CCCCCCCCCCCC(C)C)COC(=O)CCCCCCCCCCC(C)CC. The van der Waals surface area contributed by atoms with Crippen LogP contribution in [0.3, 0.4) is 0 Å². The predicted octanol–water partition coefficient (Wildman–Crippen LogP) is 14.2. The Bertz CT molecular complexity index is 796. The summed E-state index contributed by atoms with van der Waals surface area (Å²) in [7, 11) is 0. The van der Waals surface area contributed by atoms with Crippen molar-refractivity contribution in [3.05, 3.63) is 0 Å². The first-order valence-electron chi connectivity index (χ1n) is 22.8. The molecule has 308 valence electrons. The van der Waals surface area contributed by atoms with Gasteiger partial charge >= 0.3 is 17.9 Å². The van der Waals surface area contributed by atoms with Crippen molar-refractivity contribution in [2.75, 3.05) is 13.2 Å². The number of rotatable bonds is 40. The number of carbonyl (C=O) groups excluding carboxylic acids is 3. The van der Waals surface area contributed by atoms with Gasteiger partial charge in [0.1, 0.15) is 13.2 Å². The number of carbonyl (C=O) groups is 3. The summed E-state index contributed by atoms with van der Waals surface area (Å²) in [6.07, 6.45) is 36.5. The van der Waals surface area contributed by atoms with E-state index in [1.165, 1.54) is 135 Å². The molecule has 52 heavy (non-hydrogen) atoms. The molecule has 1 unspecified atom stereocenters. The molecule has 0 amide bonds. The Morgan fingerprint density at radius 2 is 0.731 bits per heavy atom. The van der Waals surface area contributed by atoms with E-state index in [9.17, 15) is 14.4 Å². The van der Waals surface area contributed by atoms with Gasteiger partial charge in [-0.25, -0.2) is 0 Å². The second-order valence-corrected chi connectivity index (χ2v) is 16.4. The van der Waals surface area contributed by atoms with Gasteiger partial charge in [-0.15, -0.1) is 0 Å². The van der Waals surface area contributed by atoms with Crippen LogP contribution < -0.4 is 0 Å². The zero-order valence-corrected chi connectivity index (χ0v) is 35.4. The Hall–Kier alpha value is -1.59. The molecule has 0 saturated carbocycles. The minimum Gasteiger partial charge on any atom is -0.462 e. The van der Waals surface area contributed by atoms with Gasteiger partial charge in [0.25, 0.3) is 0 Å². The monoisotopic (exact) mass is 737 g/mol. The van der Waals surface area contributed by atoms with Gasteiger partial charge in [-0.05, 0) is 31.1 Å². The first-order chi connectivity index (χ1) is 25.3. The first kappa shape index (κ1) is 50.4. The summed E-state index contributed by atoms with van der Waals surface area (Å²) in [5.41, 5.74) is 0. The van der Waals surface area contributed by atoms with Crippen molar-refractivity contribution in [1.29, 1.82) is 0 Å². The van der Waals surface area contributed by atoms with Crippen LogP contribution in [0, 0.1) is 11.8 Å². The number of hydrogen-bond acceptors (Lipinski definition) is 6. The van der Waals surface area contributed by atoms with Gasteiger partial charge in [0.05, 0.1) is 0 Å². The molecule has 0 rings (SSSR count). The second-order valence-electron chi connectivity index (χ2n) is 16.4. The molecule has 0 aromatic carbocycles. The molecule has 0 heterocycles. The van der Waals surface area contributed by atoms with E-state index in [0.717, 1.165) is 69.6 Å². The van der Waals surface area contributed by atoms with Crippen molar-refractivity contribution in [3.8, 4) is 0 Å². The topological polar surface area (TPSA) is 78.9 Å². The van der Waals surface area contributed by atoms with Crippen molar-refractivity contribution in [3.63, 3.8) is 0 Å². The lowest BCUT2D eigenvalue weighted by atomic mass is 9.99. The molecule has 0 bridgehead atoms. The number of esters is 3. The van der Waals surface area contributed by atoms with Gasteiger partial charge in [0.2, 0.25) is 0 Å². The molecule has 0 spiro atoms. The van der Waals surface area contributed by atoms with E-state index in [1.807, 2.05) is 0 Å². The van der Waals surface area contributed by atoms with Crippen LogP contribution in [0.1, 0.15) is 247 Å².